The van der Waals surface area contributed by atoms with Crippen molar-refractivity contribution in [3.63, 3.8) is 0 Å². The average Bonchev–Trinajstić information content (AvgIpc) is 3.00. The van der Waals surface area contributed by atoms with Gasteiger partial charge in [-0.3, -0.25) is 9.78 Å². The third-order valence-electron chi connectivity index (χ3n) is 5.30. The number of hydrogen-bond acceptors (Lipinski definition) is 2. The monoisotopic (exact) mass is 333 g/mol. The summed E-state index contributed by atoms with van der Waals surface area (Å²) in [6.45, 7) is 1.69. The van der Waals surface area contributed by atoms with Gasteiger partial charge in [0.15, 0.2) is 0 Å². The molecule has 0 atom stereocenters. The zero-order chi connectivity index (χ0) is 17.2. The number of nitrogens with zero attached hydrogens (tertiary/aromatic N) is 3. The van der Waals surface area contributed by atoms with Crippen LogP contribution in [0.1, 0.15) is 28.8 Å². The van der Waals surface area contributed by atoms with E-state index in [1.54, 1.807) is 0 Å². The second kappa shape index (κ2) is 6.71. The summed E-state index contributed by atoms with van der Waals surface area (Å²) in [5.41, 5.74) is 3.28. The fourth-order valence-electron chi connectivity index (χ4n) is 3.87. The minimum Gasteiger partial charge on any atom is -0.350 e. The fraction of sp³-hybridized carbons (Fsp3) is 0.333. The Kier molecular flexibility index (Phi) is 4.26. The number of pyridine rings is 1. The van der Waals surface area contributed by atoms with Gasteiger partial charge in [-0.05, 0) is 48.9 Å². The van der Waals surface area contributed by atoms with Gasteiger partial charge in [-0.15, -0.1) is 0 Å². The number of para-hydroxylation sites is 1. The Morgan fingerprint density at radius 1 is 1.12 bits per heavy atom. The molecule has 0 spiro atoms. The Bertz CT molecular complexity index is 877. The Morgan fingerprint density at radius 3 is 2.60 bits per heavy atom. The van der Waals surface area contributed by atoms with Crippen molar-refractivity contribution in [2.75, 3.05) is 13.1 Å². The SMILES string of the molecule is Cn1cc(C(=O)N2CCC(Cc3ccncc3)CC2)c2ccccc21. The molecule has 4 nitrogen and oxygen atoms in total. The van der Waals surface area contributed by atoms with Crippen molar-refractivity contribution in [2.45, 2.75) is 19.3 Å². The smallest absolute Gasteiger partial charge is 0.256 e. The molecule has 0 bridgehead atoms. The van der Waals surface area contributed by atoms with Crippen LogP contribution in [-0.2, 0) is 13.5 Å². The standard InChI is InChI=1S/C21H23N3O/c1-23-15-19(18-4-2-3-5-20(18)23)21(25)24-12-8-17(9-13-24)14-16-6-10-22-11-7-16/h2-7,10-11,15,17H,8-9,12-14H2,1H3. The lowest BCUT2D eigenvalue weighted by molar-refractivity contribution is 0.0692. The van der Waals surface area contributed by atoms with Crippen LogP contribution >= 0.6 is 0 Å². The molecule has 3 aromatic rings. The summed E-state index contributed by atoms with van der Waals surface area (Å²) in [6.07, 6.45) is 8.90. The summed E-state index contributed by atoms with van der Waals surface area (Å²) >= 11 is 0. The van der Waals surface area contributed by atoms with Crippen LogP contribution in [0.25, 0.3) is 10.9 Å². The van der Waals surface area contributed by atoms with Crippen LogP contribution < -0.4 is 0 Å². The highest BCUT2D eigenvalue weighted by molar-refractivity contribution is 6.07. The first-order chi connectivity index (χ1) is 12.2. The highest BCUT2D eigenvalue weighted by Crippen LogP contribution is 2.26. The van der Waals surface area contributed by atoms with Gasteiger partial charge in [0.25, 0.3) is 5.91 Å². The highest BCUT2D eigenvalue weighted by Gasteiger charge is 2.25. The molecule has 0 saturated carbocycles. The molecule has 0 aliphatic carbocycles. The molecular formula is C21H23N3O. The van der Waals surface area contributed by atoms with Crippen LogP contribution in [0.3, 0.4) is 0 Å². The number of fused-ring (bicyclic) bond motifs is 1. The molecule has 1 fully saturated rings. The number of likely N-dealkylation sites (tertiary alicyclic amines) is 1. The van der Waals surface area contributed by atoms with E-state index < -0.39 is 0 Å². The molecule has 0 radical (unpaired) electrons. The number of hydrogen-bond donors (Lipinski definition) is 0. The van der Waals surface area contributed by atoms with E-state index in [1.165, 1.54) is 5.56 Å². The molecule has 25 heavy (non-hydrogen) atoms. The van der Waals surface area contributed by atoms with Crippen LogP contribution in [0.2, 0.25) is 0 Å². The number of piperidine rings is 1. The van der Waals surface area contributed by atoms with E-state index in [0.717, 1.165) is 48.8 Å². The summed E-state index contributed by atoms with van der Waals surface area (Å²) in [7, 11) is 2.00. The first-order valence-electron chi connectivity index (χ1n) is 8.94. The van der Waals surface area contributed by atoms with Crippen LogP contribution in [0.5, 0.6) is 0 Å². The van der Waals surface area contributed by atoms with Gasteiger partial charge >= 0.3 is 0 Å². The Labute approximate surface area is 148 Å². The molecule has 4 heteroatoms. The van der Waals surface area contributed by atoms with E-state index in [1.807, 2.05) is 53.3 Å². The van der Waals surface area contributed by atoms with E-state index in [9.17, 15) is 4.79 Å². The number of aromatic nitrogens is 2. The van der Waals surface area contributed by atoms with Crippen LogP contribution in [0.15, 0.2) is 55.0 Å². The topological polar surface area (TPSA) is 38.1 Å². The largest absolute Gasteiger partial charge is 0.350 e. The third kappa shape index (κ3) is 3.16. The van der Waals surface area contributed by atoms with Crippen molar-refractivity contribution < 1.29 is 4.79 Å². The minimum absolute atomic E-state index is 0.166. The molecule has 1 amide bonds. The summed E-state index contributed by atoms with van der Waals surface area (Å²) in [5, 5.41) is 1.05. The lowest BCUT2D eigenvalue weighted by Gasteiger charge is -2.32. The van der Waals surface area contributed by atoms with Crippen molar-refractivity contribution >= 4 is 16.8 Å². The molecular weight excluding hydrogens is 310 g/mol. The number of carbonyl (C=O) groups excluding carboxylic acids is 1. The van der Waals surface area contributed by atoms with E-state index in [-0.39, 0.29) is 5.91 Å². The number of aryl methyl sites for hydroxylation is 1. The fourth-order valence-corrected chi connectivity index (χ4v) is 3.87. The van der Waals surface area contributed by atoms with Crippen LogP contribution in [-0.4, -0.2) is 33.4 Å². The van der Waals surface area contributed by atoms with Gasteiger partial charge in [0.1, 0.15) is 0 Å². The number of benzene rings is 1. The average molecular weight is 333 g/mol. The molecule has 128 valence electrons. The van der Waals surface area contributed by atoms with Crippen LogP contribution in [0, 0.1) is 5.92 Å². The number of carbonyl (C=O) groups is 1. The van der Waals surface area contributed by atoms with E-state index in [4.69, 9.17) is 0 Å². The Morgan fingerprint density at radius 2 is 1.84 bits per heavy atom. The van der Waals surface area contributed by atoms with E-state index >= 15 is 0 Å². The van der Waals surface area contributed by atoms with Crippen molar-refractivity contribution in [1.82, 2.24) is 14.5 Å². The molecule has 0 N–H and O–H groups in total. The van der Waals surface area contributed by atoms with Gasteiger partial charge in [0.2, 0.25) is 0 Å². The van der Waals surface area contributed by atoms with E-state index in [2.05, 4.69) is 23.2 Å². The highest BCUT2D eigenvalue weighted by atomic mass is 16.2. The van der Waals surface area contributed by atoms with Gasteiger partial charge in [0, 0.05) is 49.6 Å². The molecule has 1 aliphatic rings. The third-order valence-corrected chi connectivity index (χ3v) is 5.30. The predicted molar refractivity (Wildman–Crippen MR) is 99.5 cm³/mol. The van der Waals surface area contributed by atoms with Gasteiger partial charge in [-0.2, -0.15) is 0 Å². The molecule has 1 saturated heterocycles. The molecule has 3 heterocycles. The first-order valence-corrected chi connectivity index (χ1v) is 8.94. The van der Waals surface area contributed by atoms with Gasteiger partial charge in [-0.25, -0.2) is 0 Å². The Hall–Kier alpha value is -2.62. The molecule has 1 aliphatic heterocycles. The normalized spacial score (nSPS) is 15.6. The second-order valence-electron chi connectivity index (χ2n) is 6.97. The zero-order valence-electron chi connectivity index (χ0n) is 14.6. The van der Waals surface area contributed by atoms with E-state index in [0.29, 0.717) is 5.92 Å². The molecule has 2 aromatic heterocycles. The molecule has 0 unspecified atom stereocenters. The van der Waals surface area contributed by atoms with Crippen molar-refractivity contribution in [2.24, 2.45) is 13.0 Å². The maximum absolute atomic E-state index is 13.0. The summed E-state index contributed by atoms with van der Waals surface area (Å²) in [4.78, 5) is 19.1. The quantitative estimate of drug-likeness (QED) is 0.733. The lowest BCUT2D eigenvalue weighted by atomic mass is 9.90. The minimum atomic E-state index is 0.166. The summed E-state index contributed by atoms with van der Waals surface area (Å²) in [6, 6.07) is 12.3. The first kappa shape index (κ1) is 15.9. The predicted octanol–water partition coefficient (Wildman–Crippen LogP) is 3.67. The van der Waals surface area contributed by atoms with Crippen molar-refractivity contribution in [3.05, 3.63) is 66.1 Å². The maximum Gasteiger partial charge on any atom is 0.256 e. The second-order valence-corrected chi connectivity index (χ2v) is 6.97. The summed E-state index contributed by atoms with van der Waals surface area (Å²) in [5.74, 6) is 0.818. The molecule has 4 rings (SSSR count). The van der Waals surface area contributed by atoms with Gasteiger partial charge in [-0.1, -0.05) is 18.2 Å². The number of amides is 1. The molecule has 1 aromatic carbocycles. The zero-order valence-corrected chi connectivity index (χ0v) is 14.6. The number of rotatable bonds is 3. The summed E-state index contributed by atoms with van der Waals surface area (Å²) < 4.78 is 2.04. The van der Waals surface area contributed by atoms with Crippen LogP contribution in [0.4, 0.5) is 0 Å². The Balaban J connectivity index is 1.44. The van der Waals surface area contributed by atoms with Gasteiger partial charge in [0.05, 0.1) is 5.56 Å². The lowest BCUT2D eigenvalue weighted by Crippen LogP contribution is -2.38. The van der Waals surface area contributed by atoms with Crippen molar-refractivity contribution in [1.29, 1.82) is 0 Å². The van der Waals surface area contributed by atoms with Crippen molar-refractivity contribution in [3.8, 4) is 0 Å². The maximum atomic E-state index is 13.0. The van der Waals surface area contributed by atoms with Gasteiger partial charge < -0.3 is 9.47 Å².